The van der Waals surface area contributed by atoms with Crippen molar-refractivity contribution in [1.82, 2.24) is 5.32 Å². The molecule has 0 spiro atoms. The van der Waals surface area contributed by atoms with Crippen molar-refractivity contribution >= 4 is 0 Å². The summed E-state index contributed by atoms with van der Waals surface area (Å²) in [6, 6.07) is 0.814. The Balaban J connectivity index is 1.50. The highest BCUT2D eigenvalue weighted by molar-refractivity contribution is 4.82. The monoisotopic (exact) mass is 197 g/mol. The molecule has 2 aliphatic rings. The van der Waals surface area contributed by atoms with Crippen LogP contribution in [0, 0.1) is 5.92 Å². The first kappa shape index (κ1) is 10.4. The molecule has 1 unspecified atom stereocenters. The zero-order valence-corrected chi connectivity index (χ0v) is 9.30. The van der Waals surface area contributed by atoms with Crippen LogP contribution in [0.3, 0.4) is 0 Å². The van der Waals surface area contributed by atoms with Gasteiger partial charge in [0.25, 0.3) is 0 Å². The number of rotatable bonds is 4. The van der Waals surface area contributed by atoms with Crippen molar-refractivity contribution in [2.24, 2.45) is 5.92 Å². The molecule has 0 aromatic carbocycles. The molecule has 1 saturated heterocycles. The first-order valence-corrected chi connectivity index (χ1v) is 6.19. The van der Waals surface area contributed by atoms with E-state index in [0.717, 1.165) is 25.1 Å². The zero-order valence-electron chi connectivity index (χ0n) is 9.30. The number of hydrogen-bond acceptors (Lipinski definition) is 2. The SMILES string of the molecule is CC1CC(NCCC2CCCCO2)C1. The highest BCUT2D eigenvalue weighted by atomic mass is 16.5. The van der Waals surface area contributed by atoms with Gasteiger partial charge >= 0.3 is 0 Å². The van der Waals surface area contributed by atoms with Gasteiger partial charge < -0.3 is 10.1 Å². The maximum Gasteiger partial charge on any atom is 0.0587 e. The van der Waals surface area contributed by atoms with E-state index in [0.29, 0.717) is 6.10 Å². The van der Waals surface area contributed by atoms with Crippen LogP contribution in [-0.4, -0.2) is 25.3 Å². The molecule has 0 aromatic heterocycles. The number of hydrogen-bond donors (Lipinski definition) is 1. The van der Waals surface area contributed by atoms with E-state index in [-0.39, 0.29) is 0 Å². The summed E-state index contributed by atoms with van der Waals surface area (Å²) in [6.07, 6.45) is 8.44. The van der Waals surface area contributed by atoms with Gasteiger partial charge in [-0.1, -0.05) is 6.92 Å². The van der Waals surface area contributed by atoms with E-state index < -0.39 is 0 Å². The van der Waals surface area contributed by atoms with Crippen molar-refractivity contribution in [1.29, 1.82) is 0 Å². The van der Waals surface area contributed by atoms with Crippen LogP contribution < -0.4 is 5.32 Å². The summed E-state index contributed by atoms with van der Waals surface area (Å²) in [5.41, 5.74) is 0. The topological polar surface area (TPSA) is 21.3 Å². The third-order valence-electron chi connectivity index (χ3n) is 3.55. The molecule has 2 nitrogen and oxygen atoms in total. The molecule has 2 heteroatoms. The molecule has 1 N–H and O–H groups in total. The Morgan fingerprint density at radius 2 is 2.14 bits per heavy atom. The average Bonchev–Trinajstić information content (AvgIpc) is 2.17. The second-order valence-corrected chi connectivity index (χ2v) is 5.00. The fourth-order valence-corrected chi connectivity index (χ4v) is 2.55. The fourth-order valence-electron chi connectivity index (χ4n) is 2.55. The highest BCUT2D eigenvalue weighted by Crippen LogP contribution is 2.26. The maximum atomic E-state index is 5.69. The molecule has 0 radical (unpaired) electrons. The lowest BCUT2D eigenvalue weighted by molar-refractivity contribution is 0.0105. The van der Waals surface area contributed by atoms with Crippen LogP contribution in [0.2, 0.25) is 0 Å². The zero-order chi connectivity index (χ0) is 9.80. The van der Waals surface area contributed by atoms with Gasteiger partial charge in [-0.15, -0.1) is 0 Å². The first-order chi connectivity index (χ1) is 6.84. The van der Waals surface area contributed by atoms with Gasteiger partial charge in [0.15, 0.2) is 0 Å². The summed E-state index contributed by atoms with van der Waals surface area (Å²) in [7, 11) is 0. The van der Waals surface area contributed by atoms with Gasteiger partial charge in [0.1, 0.15) is 0 Å². The second kappa shape index (κ2) is 5.13. The lowest BCUT2D eigenvalue weighted by atomic mass is 9.82. The van der Waals surface area contributed by atoms with Crippen LogP contribution in [0.4, 0.5) is 0 Å². The van der Waals surface area contributed by atoms with Crippen LogP contribution >= 0.6 is 0 Å². The molecule has 1 aliphatic carbocycles. The Kier molecular flexibility index (Phi) is 3.82. The van der Waals surface area contributed by atoms with Gasteiger partial charge in [-0.2, -0.15) is 0 Å². The van der Waals surface area contributed by atoms with Gasteiger partial charge in [0.05, 0.1) is 6.10 Å². The largest absolute Gasteiger partial charge is 0.378 e. The van der Waals surface area contributed by atoms with Gasteiger partial charge in [0.2, 0.25) is 0 Å². The van der Waals surface area contributed by atoms with Crippen molar-refractivity contribution in [3.05, 3.63) is 0 Å². The predicted molar refractivity (Wildman–Crippen MR) is 58.4 cm³/mol. The summed E-state index contributed by atoms with van der Waals surface area (Å²) >= 11 is 0. The van der Waals surface area contributed by atoms with E-state index >= 15 is 0 Å². The third kappa shape index (κ3) is 2.96. The van der Waals surface area contributed by atoms with Gasteiger partial charge in [-0.3, -0.25) is 0 Å². The molecule has 14 heavy (non-hydrogen) atoms. The summed E-state index contributed by atoms with van der Waals surface area (Å²) in [6.45, 7) is 4.48. The Hall–Kier alpha value is -0.0800. The Labute approximate surface area is 87.4 Å². The van der Waals surface area contributed by atoms with E-state index in [1.54, 1.807) is 0 Å². The Bertz CT molecular complexity index is 160. The minimum atomic E-state index is 0.550. The molecule has 0 amide bonds. The minimum absolute atomic E-state index is 0.550. The molecule has 2 rings (SSSR count). The van der Waals surface area contributed by atoms with E-state index in [1.165, 1.54) is 38.5 Å². The van der Waals surface area contributed by atoms with Crippen LogP contribution in [0.5, 0.6) is 0 Å². The number of ether oxygens (including phenoxy) is 1. The molecular weight excluding hydrogens is 174 g/mol. The summed E-state index contributed by atoms with van der Waals surface area (Å²) < 4.78 is 5.69. The summed E-state index contributed by atoms with van der Waals surface area (Å²) in [4.78, 5) is 0. The molecule has 82 valence electrons. The fraction of sp³-hybridized carbons (Fsp3) is 1.00. The van der Waals surface area contributed by atoms with Crippen LogP contribution in [0.15, 0.2) is 0 Å². The van der Waals surface area contributed by atoms with E-state index in [4.69, 9.17) is 4.74 Å². The standard InChI is InChI=1S/C12H23NO/c1-10-8-11(9-10)13-6-5-12-4-2-3-7-14-12/h10-13H,2-9H2,1H3. The molecule has 1 atom stereocenters. The van der Waals surface area contributed by atoms with Gasteiger partial charge in [0, 0.05) is 12.6 Å². The lowest BCUT2D eigenvalue weighted by Crippen LogP contribution is -2.41. The maximum absolute atomic E-state index is 5.69. The van der Waals surface area contributed by atoms with Crippen molar-refractivity contribution in [2.45, 2.75) is 57.6 Å². The third-order valence-corrected chi connectivity index (χ3v) is 3.55. The smallest absolute Gasteiger partial charge is 0.0587 e. The van der Waals surface area contributed by atoms with Crippen LogP contribution in [0.25, 0.3) is 0 Å². The summed E-state index contributed by atoms with van der Waals surface area (Å²) in [5.74, 6) is 0.957. The predicted octanol–water partition coefficient (Wildman–Crippen LogP) is 2.33. The van der Waals surface area contributed by atoms with Gasteiger partial charge in [-0.25, -0.2) is 0 Å². The lowest BCUT2D eigenvalue weighted by Gasteiger charge is -2.34. The van der Waals surface area contributed by atoms with Crippen molar-refractivity contribution in [2.75, 3.05) is 13.2 Å². The van der Waals surface area contributed by atoms with E-state index in [1.807, 2.05) is 0 Å². The number of nitrogens with one attached hydrogen (secondary N) is 1. The van der Waals surface area contributed by atoms with Crippen molar-refractivity contribution < 1.29 is 4.74 Å². The van der Waals surface area contributed by atoms with Crippen molar-refractivity contribution in [3.8, 4) is 0 Å². The molecule has 1 aliphatic heterocycles. The summed E-state index contributed by atoms with van der Waals surface area (Å²) in [5, 5.41) is 3.62. The normalized spacial score (nSPS) is 37.9. The molecule has 1 saturated carbocycles. The molecule has 1 heterocycles. The Morgan fingerprint density at radius 3 is 2.79 bits per heavy atom. The Morgan fingerprint density at radius 1 is 1.29 bits per heavy atom. The molecule has 2 fully saturated rings. The van der Waals surface area contributed by atoms with E-state index in [2.05, 4.69) is 12.2 Å². The molecule has 0 bridgehead atoms. The molecular formula is C12H23NO. The van der Waals surface area contributed by atoms with Crippen LogP contribution in [-0.2, 0) is 4.74 Å². The van der Waals surface area contributed by atoms with E-state index in [9.17, 15) is 0 Å². The van der Waals surface area contributed by atoms with Gasteiger partial charge in [-0.05, 0) is 51.0 Å². The van der Waals surface area contributed by atoms with Crippen molar-refractivity contribution in [3.63, 3.8) is 0 Å². The highest BCUT2D eigenvalue weighted by Gasteiger charge is 2.24. The van der Waals surface area contributed by atoms with Crippen LogP contribution in [0.1, 0.15) is 45.4 Å². The minimum Gasteiger partial charge on any atom is -0.378 e. The quantitative estimate of drug-likeness (QED) is 0.747. The second-order valence-electron chi connectivity index (χ2n) is 5.00. The first-order valence-electron chi connectivity index (χ1n) is 6.19. The molecule has 0 aromatic rings. The average molecular weight is 197 g/mol.